The Morgan fingerprint density at radius 2 is 1.72 bits per heavy atom. The Hall–Kier alpha value is -3.15. The number of hydrogen-bond donors (Lipinski definition) is 2. The maximum atomic E-state index is 12.8. The van der Waals surface area contributed by atoms with E-state index < -0.39 is 17.9 Å². The molecule has 2 N–H and O–H groups in total. The lowest BCUT2D eigenvalue weighted by molar-refractivity contribution is -0.123. The van der Waals surface area contributed by atoms with E-state index >= 15 is 0 Å². The van der Waals surface area contributed by atoms with Crippen molar-refractivity contribution in [2.24, 2.45) is 0 Å². The number of rotatable bonds is 6. The van der Waals surface area contributed by atoms with Crippen LogP contribution < -0.4 is 15.4 Å². The van der Waals surface area contributed by atoms with E-state index in [0.717, 1.165) is 11.3 Å². The van der Waals surface area contributed by atoms with Crippen LogP contribution in [-0.2, 0) is 9.59 Å². The minimum Gasteiger partial charge on any atom is -0.497 e. The number of nitrogens with one attached hydrogen (secondary N) is 2. The number of carbonyl (C=O) groups is 2. The fourth-order valence-electron chi connectivity index (χ4n) is 2.00. The van der Waals surface area contributed by atoms with E-state index in [1.807, 2.05) is 12.1 Å². The van der Waals surface area contributed by atoms with Crippen molar-refractivity contribution < 1.29 is 18.7 Å². The average Bonchev–Trinajstić information content (AvgIpc) is 2.62. The number of halogens is 1. The van der Waals surface area contributed by atoms with Crippen molar-refractivity contribution in [3.8, 4) is 5.75 Å². The lowest BCUT2D eigenvalue weighted by Gasteiger charge is -2.13. The van der Waals surface area contributed by atoms with Crippen LogP contribution in [-0.4, -0.2) is 25.0 Å². The molecule has 0 saturated heterocycles. The third-order valence-corrected chi connectivity index (χ3v) is 3.41. The van der Waals surface area contributed by atoms with Crippen molar-refractivity contribution >= 4 is 23.6 Å². The van der Waals surface area contributed by atoms with Crippen LogP contribution in [0.3, 0.4) is 0 Å². The zero-order valence-electron chi connectivity index (χ0n) is 14.0. The Bertz CT molecular complexity index is 755. The second-order valence-corrected chi connectivity index (χ2v) is 5.33. The molecule has 0 spiro atoms. The Kier molecular flexibility index (Phi) is 6.28. The molecule has 0 saturated carbocycles. The van der Waals surface area contributed by atoms with Crippen LogP contribution in [0.1, 0.15) is 12.5 Å². The number of anilines is 1. The molecule has 0 aromatic heterocycles. The van der Waals surface area contributed by atoms with Crippen LogP contribution in [0.15, 0.2) is 54.6 Å². The molecular weight excluding hydrogens is 323 g/mol. The summed E-state index contributed by atoms with van der Waals surface area (Å²) in [5.74, 6) is -0.439. The van der Waals surface area contributed by atoms with Crippen molar-refractivity contribution in [2.45, 2.75) is 13.0 Å². The summed E-state index contributed by atoms with van der Waals surface area (Å²) in [5, 5.41) is 5.17. The first kappa shape index (κ1) is 18.2. The molecule has 0 aliphatic heterocycles. The third kappa shape index (κ3) is 5.76. The number of amides is 2. The van der Waals surface area contributed by atoms with E-state index in [0.29, 0.717) is 5.69 Å². The average molecular weight is 342 g/mol. The molecule has 0 bridgehead atoms. The highest BCUT2D eigenvalue weighted by Crippen LogP contribution is 2.12. The molecule has 130 valence electrons. The van der Waals surface area contributed by atoms with Crippen LogP contribution in [0.25, 0.3) is 6.08 Å². The fraction of sp³-hybridized carbons (Fsp3) is 0.158. The lowest BCUT2D eigenvalue weighted by atomic mass is 10.2. The number of methoxy groups -OCH3 is 1. The Labute approximate surface area is 145 Å². The Morgan fingerprint density at radius 3 is 2.32 bits per heavy atom. The first-order valence-corrected chi connectivity index (χ1v) is 7.67. The molecule has 6 heteroatoms. The van der Waals surface area contributed by atoms with Gasteiger partial charge in [-0.1, -0.05) is 12.1 Å². The summed E-state index contributed by atoms with van der Waals surface area (Å²) in [7, 11) is 1.58. The third-order valence-electron chi connectivity index (χ3n) is 3.41. The quantitative estimate of drug-likeness (QED) is 0.793. The van der Waals surface area contributed by atoms with Gasteiger partial charge < -0.3 is 15.4 Å². The zero-order chi connectivity index (χ0) is 18.2. The van der Waals surface area contributed by atoms with Crippen molar-refractivity contribution in [2.75, 3.05) is 12.4 Å². The highest BCUT2D eigenvalue weighted by Gasteiger charge is 2.14. The predicted octanol–water partition coefficient (Wildman–Crippen LogP) is 2.99. The van der Waals surface area contributed by atoms with Gasteiger partial charge in [0.1, 0.15) is 17.6 Å². The minimum absolute atomic E-state index is 0.386. The van der Waals surface area contributed by atoms with Gasteiger partial charge in [0.05, 0.1) is 7.11 Å². The summed E-state index contributed by atoms with van der Waals surface area (Å²) in [4.78, 5) is 23.9. The number of hydrogen-bond acceptors (Lipinski definition) is 3. The summed E-state index contributed by atoms with van der Waals surface area (Å²) in [6.45, 7) is 1.57. The van der Waals surface area contributed by atoms with Gasteiger partial charge in [-0.3, -0.25) is 9.59 Å². The molecule has 25 heavy (non-hydrogen) atoms. The number of ether oxygens (including phenoxy) is 1. The normalized spacial score (nSPS) is 11.8. The fourth-order valence-corrected chi connectivity index (χ4v) is 2.00. The first-order valence-electron chi connectivity index (χ1n) is 7.67. The largest absolute Gasteiger partial charge is 0.497 e. The lowest BCUT2D eigenvalue weighted by Crippen LogP contribution is -2.40. The molecular formula is C19H19FN2O3. The van der Waals surface area contributed by atoms with E-state index in [-0.39, 0.29) is 5.82 Å². The smallest absolute Gasteiger partial charge is 0.246 e. The molecule has 5 nitrogen and oxygen atoms in total. The molecule has 2 aromatic rings. The van der Waals surface area contributed by atoms with E-state index in [2.05, 4.69) is 10.6 Å². The maximum absolute atomic E-state index is 12.8. The van der Waals surface area contributed by atoms with Gasteiger partial charge in [0, 0.05) is 11.8 Å². The second-order valence-electron chi connectivity index (χ2n) is 5.33. The molecule has 2 rings (SSSR count). The molecule has 2 aromatic carbocycles. The Morgan fingerprint density at radius 1 is 1.08 bits per heavy atom. The Balaban J connectivity index is 1.86. The van der Waals surface area contributed by atoms with Gasteiger partial charge in [0.15, 0.2) is 0 Å². The molecule has 1 unspecified atom stereocenters. The molecule has 0 fully saturated rings. The molecule has 0 heterocycles. The van der Waals surface area contributed by atoms with Crippen LogP contribution in [0.4, 0.5) is 10.1 Å². The van der Waals surface area contributed by atoms with Crippen molar-refractivity contribution in [3.63, 3.8) is 0 Å². The molecule has 0 aliphatic rings. The highest BCUT2D eigenvalue weighted by molar-refractivity contribution is 5.99. The second kappa shape index (κ2) is 8.63. The monoisotopic (exact) mass is 342 g/mol. The van der Waals surface area contributed by atoms with Gasteiger partial charge in [0.25, 0.3) is 0 Å². The summed E-state index contributed by atoms with van der Waals surface area (Å²) >= 11 is 0. The highest BCUT2D eigenvalue weighted by atomic mass is 19.1. The molecule has 0 aliphatic carbocycles. The zero-order valence-corrected chi connectivity index (χ0v) is 14.0. The molecule has 1 atom stereocenters. The predicted molar refractivity (Wildman–Crippen MR) is 94.7 cm³/mol. The topological polar surface area (TPSA) is 67.4 Å². The number of benzene rings is 2. The van der Waals surface area contributed by atoms with Crippen LogP contribution >= 0.6 is 0 Å². The van der Waals surface area contributed by atoms with E-state index in [1.54, 1.807) is 32.2 Å². The summed E-state index contributed by atoms with van der Waals surface area (Å²) in [6, 6.07) is 11.9. The number of carbonyl (C=O) groups excluding carboxylic acids is 2. The van der Waals surface area contributed by atoms with Crippen molar-refractivity contribution in [1.29, 1.82) is 0 Å². The summed E-state index contributed by atoms with van der Waals surface area (Å²) in [6.07, 6.45) is 2.99. The molecule has 0 radical (unpaired) electrons. The van der Waals surface area contributed by atoms with Crippen LogP contribution in [0.5, 0.6) is 5.75 Å². The van der Waals surface area contributed by atoms with Gasteiger partial charge >= 0.3 is 0 Å². The van der Waals surface area contributed by atoms with Gasteiger partial charge in [-0.2, -0.15) is 0 Å². The summed E-state index contributed by atoms with van der Waals surface area (Å²) in [5.41, 5.74) is 1.29. The van der Waals surface area contributed by atoms with Gasteiger partial charge in [-0.15, -0.1) is 0 Å². The minimum atomic E-state index is -0.738. The van der Waals surface area contributed by atoms with Gasteiger partial charge in [-0.25, -0.2) is 4.39 Å². The van der Waals surface area contributed by atoms with Crippen molar-refractivity contribution in [1.82, 2.24) is 5.32 Å². The van der Waals surface area contributed by atoms with Gasteiger partial charge in [-0.05, 0) is 55.0 Å². The van der Waals surface area contributed by atoms with Gasteiger partial charge in [0.2, 0.25) is 11.8 Å². The molecule has 2 amide bonds. The van der Waals surface area contributed by atoms with Crippen molar-refractivity contribution in [3.05, 3.63) is 66.0 Å². The van der Waals surface area contributed by atoms with Crippen LogP contribution in [0.2, 0.25) is 0 Å². The van der Waals surface area contributed by atoms with E-state index in [9.17, 15) is 14.0 Å². The van der Waals surface area contributed by atoms with Crippen LogP contribution in [0, 0.1) is 5.82 Å². The summed E-state index contributed by atoms with van der Waals surface area (Å²) < 4.78 is 17.9. The maximum Gasteiger partial charge on any atom is 0.246 e. The van der Waals surface area contributed by atoms with E-state index in [4.69, 9.17) is 4.74 Å². The SMILES string of the molecule is COc1ccc(/C=C/C(=O)NC(C)C(=O)Nc2ccc(F)cc2)cc1. The first-order chi connectivity index (χ1) is 12.0. The standard InChI is InChI=1S/C19H19FN2O3/c1-13(19(24)22-16-8-6-15(20)7-9-16)21-18(23)12-5-14-3-10-17(25-2)11-4-14/h3-13H,1-2H3,(H,21,23)(H,22,24)/b12-5+. The van der Waals surface area contributed by atoms with E-state index in [1.165, 1.54) is 30.3 Å².